The average molecular weight is 443 g/mol. The Bertz CT molecular complexity index is 838. The van der Waals surface area contributed by atoms with Crippen molar-refractivity contribution in [2.24, 2.45) is 5.92 Å². The summed E-state index contributed by atoms with van der Waals surface area (Å²) < 4.78 is 18.9. The molecule has 2 aromatic rings. The molecule has 6 heteroatoms. The monoisotopic (exact) mass is 442 g/mol. The number of hydrogen-bond acceptors (Lipinski definition) is 3. The highest BCUT2D eigenvalue weighted by Crippen LogP contribution is 2.17. The number of carbonyl (C=O) groups is 2. The Labute approximate surface area is 191 Å². The first-order valence-corrected chi connectivity index (χ1v) is 11.3. The smallest absolute Gasteiger partial charge is 0.243 e. The summed E-state index contributed by atoms with van der Waals surface area (Å²) in [5, 5.41) is 2.97. The van der Waals surface area contributed by atoms with Gasteiger partial charge in [0.25, 0.3) is 0 Å². The van der Waals surface area contributed by atoms with E-state index in [1.54, 1.807) is 17.0 Å². The molecule has 5 nitrogen and oxygen atoms in total. The molecule has 0 spiro atoms. The number of carbonyl (C=O) groups excluding carboxylic acids is 2. The highest BCUT2D eigenvalue weighted by atomic mass is 19.1. The lowest BCUT2D eigenvalue weighted by molar-refractivity contribution is -0.143. The zero-order valence-electron chi connectivity index (χ0n) is 19.5. The number of nitrogens with zero attached hydrogens (tertiary/aromatic N) is 1. The Morgan fingerprint density at radius 1 is 0.969 bits per heavy atom. The van der Waals surface area contributed by atoms with Gasteiger partial charge >= 0.3 is 0 Å². The Kier molecular flexibility index (Phi) is 10.3. The molecule has 0 heterocycles. The van der Waals surface area contributed by atoms with Gasteiger partial charge in [-0.2, -0.15) is 0 Å². The van der Waals surface area contributed by atoms with Crippen molar-refractivity contribution in [3.05, 3.63) is 71.5 Å². The van der Waals surface area contributed by atoms with E-state index in [2.05, 4.69) is 5.32 Å². The molecule has 0 radical (unpaired) electrons. The number of amides is 2. The van der Waals surface area contributed by atoms with Crippen molar-refractivity contribution in [2.75, 3.05) is 13.2 Å². The van der Waals surface area contributed by atoms with Crippen LogP contribution < -0.4 is 5.32 Å². The van der Waals surface area contributed by atoms with E-state index in [-0.39, 0.29) is 36.2 Å². The van der Waals surface area contributed by atoms with Crippen molar-refractivity contribution in [1.29, 1.82) is 0 Å². The number of nitrogens with one attached hydrogen (secondary N) is 1. The molecular formula is C26H35FN2O3. The Morgan fingerprint density at radius 2 is 1.62 bits per heavy atom. The maximum atomic E-state index is 13.4. The highest BCUT2D eigenvalue weighted by molar-refractivity contribution is 5.88. The van der Waals surface area contributed by atoms with Crippen LogP contribution in [0.4, 0.5) is 4.39 Å². The number of ether oxygens (including phenoxy) is 1. The standard InChI is InChI=1S/C26H35FN2O3/c1-19(2)26(31)29(18-22-11-13-23(27)14-12-22)24(17-21-9-6-5-7-10-21)25(30)28-15-8-16-32-20(3)4/h5-7,9-14,19-20,24H,8,15-18H2,1-4H3,(H,28,30)/t24-/m1/s1. The topological polar surface area (TPSA) is 58.6 Å². The molecule has 0 aromatic heterocycles. The lowest BCUT2D eigenvalue weighted by Gasteiger charge is -2.33. The van der Waals surface area contributed by atoms with Crippen LogP contribution in [0.25, 0.3) is 0 Å². The predicted molar refractivity (Wildman–Crippen MR) is 124 cm³/mol. The van der Waals surface area contributed by atoms with Crippen LogP contribution in [0.1, 0.15) is 45.2 Å². The molecule has 0 bridgehead atoms. The average Bonchev–Trinajstić information content (AvgIpc) is 2.77. The van der Waals surface area contributed by atoms with E-state index in [1.165, 1.54) is 12.1 Å². The van der Waals surface area contributed by atoms with Gasteiger partial charge in [0.1, 0.15) is 11.9 Å². The predicted octanol–water partition coefficient (Wildman–Crippen LogP) is 4.35. The number of benzene rings is 2. The fraction of sp³-hybridized carbons (Fsp3) is 0.462. The molecule has 0 aliphatic heterocycles. The summed E-state index contributed by atoms with van der Waals surface area (Å²) in [5.41, 5.74) is 1.74. The van der Waals surface area contributed by atoms with Crippen molar-refractivity contribution >= 4 is 11.8 Å². The number of hydrogen-bond donors (Lipinski definition) is 1. The lowest BCUT2D eigenvalue weighted by atomic mass is 10.0. The number of halogens is 1. The summed E-state index contributed by atoms with van der Waals surface area (Å²) in [6.45, 7) is 8.85. The first kappa shape index (κ1) is 25.5. The fourth-order valence-corrected chi connectivity index (χ4v) is 3.36. The van der Waals surface area contributed by atoms with Gasteiger partial charge in [-0.3, -0.25) is 9.59 Å². The molecular weight excluding hydrogens is 407 g/mol. The number of rotatable bonds is 12. The van der Waals surface area contributed by atoms with Crippen molar-refractivity contribution in [2.45, 2.75) is 59.2 Å². The zero-order valence-corrected chi connectivity index (χ0v) is 19.5. The summed E-state index contributed by atoms with van der Waals surface area (Å²) in [5.74, 6) is -0.929. The minimum absolute atomic E-state index is 0.117. The van der Waals surface area contributed by atoms with E-state index in [4.69, 9.17) is 4.74 Å². The van der Waals surface area contributed by atoms with E-state index in [0.29, 0.717) is 26.0 Å². The van der Waals surface area contributed by atoms with Crippen LogP contribution in [-0.2, 0) is 27.3 Å². The quantitative estimate of drug-likeness (QED) is 0.497. The largest absolute Gasteiger partial charge is 0.379 e. The van der Waals surface area contributed by atoms with Crippen molar-refractivity contribution in [3.8, 4) is 0 Å². The van der Waals surface area contributed by atoms with Gasteiger partial charge < -0.3 is 15.0 Å². The Hall–Kier alpha value is -2.73. The van der Waals surface area contributed by atoms with Crippen molar-refractivity contribution < 1.29 is 18.7 Å². The minimum atomic E-state index is -0.677. The van der Waals surface area contributed by atoms with Crippen LogP contribution in [0, 0.1) is 11.7 Å². The Balaban J connectivity index is 2.23. The molecule has 0 unspecified atom stereocenters. The van der Waals surface area contributed by atoms with Crippen LogP contribution >= 0.6 is 0 Å². The van der Waals surface area contributed by atoms with Crippen LogP contribution in [0.15, 0.2) is 54.6 Å². The normalized spacial score (nSPS) is 12.1. The summed E-state index contributed by atoms with van der Waals surface area (Å²) in [6.07, 6.45) is 1.23. The zero-order chi connectivity index (χ0) is 23.5. The second-order valence-electron chi connectivity index (χ2n) is 8.52. The first-order valence-electron chi connectivity index (χ1n) is 11.3. The van der Waals surface area contributed by atoms with Crippen LogP contribution in [0.2, 0.25) is 0 Å². The van der Waals surface area contributed by atoms with Crippen molar-refractivity contribution in [3.63, 3.8) is 0 Å². The van der Waals surface area contributed by atoms with Gasteiger partial charge in [-0.1, -0.05) is 56.3 Å². The Morgan fingerprint density at radius 3 is 2.22 bits per heavy atom. The summed E-state index contributed by atoms with van der Waals surface area (Å²) >= 11 is 0. The fourth-order valence-electron chi connectivity index (χ4n) is 3.36. The summed E-state index contributed by atoms with van der Waals surface area (Å²) in [7, 11) is 0. The molecule has 1 N–H and O–H groups in total. The summed E-state index contributed by atoms with van der Waals surface area (Å²) in [4.78, 5) is 28.0. The first-order chi connectivity index (χ1) is 15.3. The lowest BCUT2D eigenvalue weighted by Crippen LogP contribution is -2.51. The van der Waals surface area contributed by atoms with E-state index in [9.17, 15) is 14.0 Å². The third-order valence-corrected chi connectivity index (χ3v) is 5.07. The van der Waals surface area contributed by atoms with Crippen molar-refractivity contribution in [1.82, 2.24) is 10.2 Å². The molecule has 2 rings (SSSR count). The van der Waals surface area contributed by atoms with Gasteiger partial charge in [0.15, 0.2) is 0 Å². The van der Waals surface area contributed by atoms with Crippen LogP contribution in [0.5, 0.6) is 0 Å². The third kappa shape index (κ3) is 8.42. The van der Waals surface area contributed by atoms with E-state index >= 15 is 0 Å². The van der Waals surface area contributed by atoms with E-state index in [1.807, 2.05) is 58.0 Å². The second kappa shape index (κ2) is 13.0. The summed E-state index contributed by atoms with van der Waals surface area (Å²) in [6, 6.07) is 15.0. The molecule has 2 aromatic carbocycles. The van der Waals surface area contributed by atoms with Crippen LogP contribution in [0.3, 0.4) is 0 Å². The molecule has 32 heavy (non-hydrogen) atoms. The van der Waals surface area contributed by atoms with Crippen LogP contribution in [-0.4, -0.2) is 42.0 Å². The SMILES string of the molecule is CC(C)OCCCNC(=O)[C@@H](Cc1ccccc1)N(Cc1ccc(F)cc1)C(=O)C(C)C. The molecule has 0 fully saturated rings. The maximum absolute atomic E-state index is 13.4. The molecule has 2 amide bonds. The van der Waals surface area contributed by atoms with Gasteiger partial charge in [0.2, 0.25) is 11.8 Å². The van der Waals surface area contributed by atoms with Gasteiger partial charge in [-0.25, -0.2) is 4.39 Å². The molecule has 0 saturated heterocycles. The van der Waals surface area contributed by atoms with Gasteiger partial charge in [0, 0.05) is 32.0 Å². The minimum Gasteiger partial charge on any atom is -0.379 e. The molecule has 0 aliphatic carbocycles. The van der Waals surface area contributed by atoms with Gasteiger partial charge in [-0.05, 0) is 43.5 Å². The highest BCUT2D eigenvalue weighted by Gasteiger charge is 2.31. The third-order valence-electron chi connectivity index (χ3n) is 5.07. The maximum Gasteiger partial charge on any atom is 0.243 e. The molecule has 174 valence electrons. The molecule has 0 aliphatic rings. The van der Waals surface area contributed by atoms with E-state index in [0.717, 1.165) is 11.1 Å². The van der Waals surface area contributed by atoms with E-state index < -0.39 is 6.04 Å². The second-order valence-corrected chi connectivity index (χ2v) is 8.52. The molecule has 1 atom stereocenters. The van der Waals surface area contributed by atoms with Gasteiger partial charge in [-0.15, -0.1) is 0 Å². The molecule has 0 saturated carbocycles. The van der Waals surface area contributed by atoms with Gasteiger partial charge in [0.05, 0.1) is 6.10 Å².